The number of nitrogens with zero attached hydrogens (tertiary/aromatic N) is 2. The first-order valence-corrected chi connectivity index (χ1v) is 24.9. The molecule has 1 saturated heterocycles. The van der Waals surface area contributed by atoms with Gasteiger partial charge in [0.25, 0.3) is 0 Å². The molecule has 380 valence electrons. The second kappa shape index (κ2) is 26.0. The Kier molecular flexibility index (Phi) is 19.4. The van der Waals surface area contributed by atoms with Crippen LogP contribution in [-0.4, -0.2) is 112 Å². The molecule has 7 rings (SSSR count). The number of hydrogen-bond donors (Lipinski definition) is 3. The number of rotatable bonds is 25. The van der Waals surface area contributed by atoms with Gasteiger partial charge in [0.05, 0.1) is 58.0 Å². The van der Waals surface area contributed by atoms with E-state index in [9.17, 15) is 19.8 Å². The largest absolute Gasteiger partial charge is 0.497 e. The van der Waals surface area contributed by atoms with Gasteiger partial charge in [-0.05, 0) is 98.2 Å². The monoisotopic (exact) mass is 969 g/mol. The molecule has 1 unspecified atom stereocenters. The van der Waals surface area contributed by atoms with E-state index in [4.69, 9.17) is 47.9 Å². The Balaban J connectivity index is 1.32. The van der Waals surface area contributed by atoms with Crippen molar-refractivity contribution in [3.8, 4) is 23.0 Å². The number of amides is 2. The van der Waals surface area contributed by atoms with E-state index < -0.39 is 36.2 Å². The number of aliphatic hydroxyl groups excluding tert-OH is 2. The summed E-state index contributed by atoms with van der Waals surface area (Å²) >= 11 is 0. The standard InChI is InChI=1S/C54H71N3O13/c1-5-25-57(53(61)66-31-30-64-36-37-16-8-7-9-17-37)48-35-45(56-70-49-20-12-15-29-65-49)42-32-38(18-10-13-26-58)41(19-11-14-27-59)50-43-33-40(22-24-46(43)69-54(48,51(42)50)67-28-6-2)68-52(60)55-44-23-21-39(62-3)34-47(44)63-4/h6-9,16-17,21-24,32-34,38,41,48-51,58-59H,2,5,10-15,18-20,25-31,35-36H2,1,3-4H3,(H,55,60)/t38-,41+,48-,49?,50+,51+,54+/m0/s1. The summed E-state index contributed by atoms with van der Waals surface area (Å²) in [6.07, 6.45) is 9.73. The van der Waals surface area contributed by atoms with Gasteiger partial charge in [-0.15, -0.1) is 6.58 Å². The number of unbranched alkanes of at least 4 members (excludes halogenated alkanes) is 2. The SMILES string of the molecule is C=CCO[C@@]12Oc3ccc(OC(=O)Nc4ccc(OC)cc4OC)cc3[C@H]3[C@H](CCCCO)[C@@H](CCCCO)C=C(C(=NOC4CCCCO4)C[C@@H]1N(CCC)C(=O)OCCOCc1ccccc1)[C@H]32. The lowest BCUT2D eigenvalue weighted by Crippen LogP contribution is -2.70. The molecule has 16 nitrogen and oxygen atoms in total. The van der Waals surface area contributed by atoms with Gasteiger partial charge < -0.3 is 52.9 Å². The van der Waals surface area contributed by atoms with Gasteiger partial charge in [-0.2, -0.15) is 0 Å². The second-order valence-corrected chi connectivity index (χ2v) is 18.1. The van der Waals surface area contributed by atoms with Crippen molar-refractivity contribution >= 4 is 23.6 Å². The quantitative estimate of drug-likeness (QED) is 0.0415. The maximum Gasteiger partial charge on any atom is 0.417 e. The number of oxime groups is 1. The third-order valence-electron chi connectivity index (χ3n) is 13.6. The summed E-state index contributed by atoms with van der Waals surface area (Å²) in [6, 6.07) is 19.4. The van der Waals surface area contributed by atoms with Crippen molar-refractivity contribution in [2.75, 3.05) is 65.7 Å². The van der Waals surface area contributed by atoms with Crippen molar-refractivity contribution in [1.82, 2.24) is 4.90 Å². The van der Waals surface area contributed by atoms with E-state index in [0.717, 1.165) is 55.2 Å². The van der Waals surface area contributed by atoms with E-state index in [0.29, 0.717) is 74.1 Å². The van der Waals surface area contributed by atoms with Gasteiger partial charge in [-0.3, -0.25) is 10.2 Å². The van der Waals surface area contributed by atoms with Crippen LogP contribution in [0.1, 0.15) is 94.6 Å². The Labute approximate surface area is 411 Å². The molecule has 0 spiro atoms. The number of hydrogen-bond acceptors (Lipinski definition) is 14. The van der Waals surface area contributed by atoms with Crippen molar-refractivity contribution in [2.45, 2.75) is 108 Å². The van der Waals surface area contributed by atoms with Gasteiger partial charge in [-0.25, -0.2) is 9.59 Å². The highest BCUT2D eigenvalue weighted by atomic mass is 16.8. The van der Waals surface area contributed by atoms with Crippen LogP contribution < -0.4 is 24.3 Å². The van der Waals surface area contributed by atoms with Gasteiger partial charge in [0.15, 0.2) is 0 Å². The van der Waals surface area contributed by atoms with Gasteiger partial charge in [-0.1, -0.05) is 67.4 Å². The zero-order valence-electron chi connectivity index (χ0n) is 40.9. The van der Waals surface area contributed by atoms with Crippen LogP contribution in [0.25, 0.3) is 0 Å². The van der Waals surface area contributed by atoms with E-state index >= 15 is 0 Å². The normalized spacial score (nSPS) is 24.0. The lowest BCUT2D eigenvalue weighted by molar-refractivity contribution is -0.255. The maximum absolute atomic E-state index is 14.6. The predicted molar refractivity (Wildman–Crippen MR) is 263 cm³/mol. The fourth-order valence-electron chi connectivity index (χ4n) is 10.4. The summed E-state index contributed by atoms with van der Waals surface area (Å²) in [6.45, 7) is 7.71. The van der Waals surface area contributed by atoms with Crippen molar-refractivity contribution in [2.24, 2.45) is 22.9 Å². The van der Waals surface area contributed by atoms with Crippen molar-refractivity contribution in [1.29, 1.82) is 0 Å². The zero-order chi connectivity index (χ0) is 49.3. The Morgan fingerprint density at radius 2 is 1.76 bits per heavy atom. The number of carbonyl (C=O) groups excluding carboxylic acids is 2. The molecule has 2 aliphatic carbocycles. The minimum absolute atomic E-state index is 0.0137. The van der Waals surface area contributed by atoms with Crippen molar-refractivity contribution in [3.05, 3.63) is 102 Å². The molecule has 7 atom stereocenters. The lowest BCUT2D eigenvalue weighted by atomic mass is 9.55. The Hall–Kier alpha value is -5.65. The number of benzene rings is 3. The first-order valence-electron chi connectivity index (χ1n) is 24.9. The third kappa shape index (κ3) is 12.6. The van der Waals surface area contributed by atoms with Crippen molar-refractivity contribution < 1.29 is 62.5 Å². The van der Waals surface area contributed by atoms with Gasteiger partial charge in [0, 0.05) is 50.1 Å². The molecule has 3 aromatic rings. The molecule has 1 saturated carbocycles. The van der Waals surface area contributed by atoms with Crippen LogP contribution in [0, 0.1) is 17.8 Å². The molecule has 16 heteroatoms. The van der Waals surface area contributed by atoms with E-state index in [1.54, 1.807) is 48.4 Å². The topological polar surface area (TPSA) is 185 Å². The van der Waals surface area contributed by atoms with Gasteiger partial charge in [0.1, 0.15) is 35.6 Å². The second-order valence-electron chi connectivity index (χ2n) is 18.1. The molecule has 2 fully saturated rings. The molecular formula is C54H71N3O13. The molecule has 0 radical (unpaired) electrons. The Morgan fingerprint density at radius 1 is 0.957 bits per heavy atom. The van der Waals surface area contributed by atoms with Crippen LogP contribution in [0.5, 0.6) is 23.0 Å². The smallest absolute Gasteiger partial charge is 0.417 e. The Morgan fingerprint density at radius 3 is 2.49 bits per heavy atom. The molecular weight excluding hydrogens is 899 g/mol. The minimum Gasteiger partial charge on any atom is -0.497 e. The Bertz CT molecular complexity index is 2230. The highest BCUT2D eigenvalue weighted by Gasteiger charge is 2.65. The highest BCUT2D eigenvalue weighted by molar-refractivity contribution is 6.03. The molecule has 70 heavy (non-hydrogen) atoms. The number of aliphatic hydroxyl groups is 2. The van der Waals surface area contributed by atoms with Gasteiger partial charge >= 0.3 is 12.2 Å². The number of ether oxygens (including phenoxy) is 8. The molecule has 3 aromatic carbocycles. The van der Waals surface area contributed by atoms with E-state index in [2.05, 4.69) is 18.0 Å². The maximum atomic E-state index is 14.6. The third-order valence-corrected chi connectivity index (χ3v) is 13.6. The van der Waals surface area contributed by atoms with Crippen LogP contribution in [0.15, 0.2) is 96.2 Å². The van der Waals surface area contributed by atoms with Crippen LogP contribution >= 0.6 is 0 Å². The molecule has 3 N–H and O–H groups in total. The molecule has 0 bridgehead atoms. The fourth-order valence-corrected chi connectivity index (χ4v) is 10.4. The number of anilines is 1. The first kappa shape index (κ1) is 52.2. The lowest BCUT2D eigenvalue weighted by Gasteiger charge is -2.59. The molecule has 2 amide bonds. The molecule has 2 aliphatic heterocycles. The summed E-state index contributed by atoms with van der Waals surface area (Å²) < 4.78 is 49.2. The minimum atomic E-state index is -1.51. The van der Waals surface area contributed by atoms with Gasteiger partial charge in [0.2, 0.25) is 12.1 Å². The van der Waals surface area contributed by atoms with Crippen LogP contribution in [0.4, 0.5) is 15.3 Å². The summed E-state index contributed by atoms with van der Waals surface area (Å²) in [5.74, 6) is -0.782. The molecule has 2 heterocycles. The fraction of sp³-hybridized carbons (Fsp3) is 0.537. The number of fused-ring (bicyclic) bond motifs is 2. The van der Waals surface area contributed by atoms with E-state index in [1.165, 1.54) is 7.11 Å². The number of methoxy groups -OCH3 is 2. The number of allylic oxidation sites excluding steroid dienone is 1. The predicted octanol–water partition coefficient (Wildman–Crippen LogP) is 9.54. The summed E-state index contributed by atoms with van der Waals surface area (Å²) in [4.78, 5) is 36.3. The average molecular weight is 970 g/mol. The summed E-state index contributed by atoms with van der Waals surface area (Å²) in [5, 5.41) is 27.8. The van der Waals surface area contributed by atoms with Crippen LogP contribution in [0.2, 0.25) is 0 Å². The van der Waals surface area contributed by atoms with Crippen molar-refractivity contribution in [3.63, 3.8) is 0 Å². The molecule has 0 aromatic heterocycles. The highest BCUT2D eigenvalue weighted by Crippen LogP contribution is 2.62. The van der Waals surface area contributed by atoms with E-state index in [-0.39, 0.29) is 63.0 Å². The number of carbonyl (C=O) groups is 2. The first-order chi connectivity index (χ1) is 34.3. The summed E-state index contributed by atoms with van der Waals surface area (Å²) in [5.41, 5.74) is 3.71. The van der Waals surface area contributed by atoms with Crippen LogP contribution in [-0.2, 0) is 30.4 Å². The van der Waals surface area contributed by atoms with Crippen LogP contribution in [0.3, 0.4) is 0 Å². The average Bonchev–Trinajstić information content (AvgIpc) is 3.38. The van der Waals surface area contributed by atoms with E-state index in [1.807, 2.05) is 43.3 Å². The summed E-state index contributed by atoms with van der Waals surface area (Å²) in [7, 11) is 3.05. The number of nitrogens with one attached hydrogen (secondary N) is 1. The molecule has 4 aliphatic rings. The zero-order valence-corrected chi connectivity index (χ0v) is 40.9.